The van der Waals surface area contributed by atoms with E-state index in [0.29, 0.717) is 20.9 Å². The summed E-state index contributed by atoms with van der Waals surface area (Å²) in [7, 11) is 0. The van der Waals surface area contributed by atoms with Crippen LogP contribution in [0.15, 0.2) is 64.5 Å². The Balaban J connectivity index is 1.72. The minimum Gasteiger partial charge on any atom is -0.478 e. The smallest absolute Gasteiger partial charge is 0.335 e. The van der Waals surface area contributed by atoms with Gasteiger partial charge in [0, 0.05) is 0 Å². The van der Waals surface area contributed by atoms with Crippen molar-refractivity contribution in [1.82, 2.24) is 10.2 Å². The standard InChI is InChI=1S/C20H14N4O3S2/c1-12-22-23-19(28-12)21-20-24(15-5-3-2-4-6-15)17(25)16(29-20)11-13-7-9-14(10-8-13)18(26)27/h2-11H,1H3,(H,26,27)/b16-11-,21-20+. The maximum atomic E-state index is 13.1. The van der Waals surface area contributed by atoms with Crippen LogP contribution in [0.3, 0.4) is 0 Å². The van der Waals surface area contributed by atoms with Crippen LogP contribution in [-0.2, 0) is 4.79 Å². The molecular weight excluding hydrogens is 408 g/mol. The van der Waals surface area contributed by atoms with E-state index < -0.39 is 5.97 Å². The predicted octanol–water partition coefficient (Wildman–Crippen LogP) is 4.35. The molecule has 0 aliphatic carbocycles. The zero-order valence-electron chi connectivity index (χ0n) is 15.1. The molecule has 1 saturated heterocycles. The quantitative estimate of drug-likeness (QED) is 0.628. The Kier molecular flexibility index (Phi) is 5.24. The lowest BCUT2D eigenvalue weighted by Crippen LogP contribution is -2.28. The van der Waals surface area contributed by atoms with Gasteiger partial charge in [0.2, 0.25) is 5.13 Å². The molecule has 1 aromatic heterocycles. The predicted molar refractivity (Wildman–Crippen MR) is 115 cm³/mol. The third-order valence-electron chi connectivity index (χ3n) is 3.98. The molecule has 1 fully saturated rings. The average molecular weight is 422 g/mol. The van der Waals surface area contributed by atoms with Crippen molar-refractivity contribution in [3.63, 3.8) is 0 Å². The molecular formula is C20H14N4O3S2. The maximum absolute atomic E-state index is 13.1. The van der Waals surface area contributed by atoms with Crippen molar-refractivity contribution in [2.45, 2.75) is 6.92 Å². The van der Waals surface area contributed by atoms with Crippen molar-refractivity contribution in [3.8, 4) is 0 Å². The van der Waals surface area contributed by atoms with Gasteiger partial charge in [-0.05, 0) is 54.6 Å². The summed E-state index contributed by atoms with van der Waals surface area (Å²) >= 11 is 2.59. The van der Waals surface area contributed by atoms with Gasteiger partial charge in [-0.2, -0.15) is 4.99 Å². The first-order valence-corrected chi connectivity index (χ1v) is 10.2. The van der Waals surface area contributed by atoms with Crippen LogP contribution in [0, 0.1) is 6.92 Å². The fraction of sp³-hybridized carbons (Fsp3) is 0.0500. The number of amides is 1. The topological polar surface area (TPSA) is 95.7 Å². The molecule has 0 radical (unpaired) electrons. The van der Waals surface area contributed by atoms with E-state index in [0.717, 1.165) is 10.6 Å². The Bertz CT molecular complexity index is 1140. The average Bonchev–Trinajstić information content (AvgIpc) is 3.26. The summed E-state index contributed by atoms with van der Waals surface area (Å²) in [5.74, 6) is -1.20. The number of carbonyl (C=O) groups excluding carboxylic acids is 1. The molecule has 0 atom stereocenters. The number of amidine groups is 1. The molecule has 7 nitrogen and oxygen atoms in total. The van der Waals surface area contributed by atoms with E-state index in [2.05, 4.69) is 15.2 Å². The Morgan fingerprint density at radius 2 is 1.83 bits per heavy atom. The molecule has 2 aromatic carbocycles. The number of aliphatic imine (C=N–C) groups is 1. The summed E-state index contributed by atoms with van der Waals surface area (Å²) in [5.41, 5.74) is 1.62. The third kappa shape index (κ3) is 4.10. The lowest BCUT2D eigenvalue weighted by atomic mass is 10.1. The number of carbonyl (C=O) groups is 2. The first kappa shape index (κ1) is 19.0. The van der Waals surface area contributed by atoms with Gasteiger partial charge >= 0.3 is 5.97 Å². The van der Waals surface area contributed by atoms with E-state index in [4.69, 9.17) is 5.11 Å². The van der Waals surface area contributed by atoms with Crippen molar-refractivity contribution in [2.24, 2.45) is 4.99 Å². The van der Waals surface area contributed by atoms with E-state index in [1.54, 1.807) is 23.1 Å². The number of aryl methyl sites for hydroxylation is 1. The minimum atomic E-state index is -0.993. The molecule has 3 aromatic rings. The zero-order chi connectivity index (χ0) is 20.4. The van der Waals surface area contributed by atoms with Gasteiger partial charge in [-0.15, -0.1) is 10.2 Å². The van der Waals surface area contributed by atoms with Gasteiger partial charge in [0.1, 0.15) is 5.01 Å². The van der Waals surface area contributed by atoms with Crippen LogP contribution in [0.5, 0.6) is 0 Å². The summed E-state index contributed by atoms with van der Waals surface area (Å²) in [6.45, 7) is 1.84. The lowest BCUT2D eigenvalue weighted by molar-refractivity contribution is -0.113. The lowest BCUT2D eigenvalue weighted by Gasteiger charge is -2.14. The second kappa shape index (κ2) is 7.98. The maximum Gasteiger partial charge on any atom is 0.335 e. The van der Waals surface area contributed by atoms with Gasteiger partial charge in [0.05, 0.1) is 16.2 Å². The van der Waals surface area contributed by atoms with Gasteiger partial charge < -0.3 is 5.11 Å². The SMILES string of the molecule is Cc1nnc(/N=C2/S/C(=C\c3ccc(C(=O)O)cc3)C(=O)N2c2ccccc2)s1. The van der Waals surface area contributed by atoms with E-state index in [1.807, 2.05) is 37.3 Å². The Morgan fingerprint density at radius 3 is 2.45 bits per heavy atom. The van der Waals surface area contributed by atoms with E-state index in [1.165, 1.54) is 35.2 Å². The van der Waals surface area contributed by atoms with Crippen molar-refractivity contribution in [1.29, 1.82) is 0 Å². The highest BCUT2D eigenvalue weighted by Gasteiger charge is 2.35. The number of para-hydroxylation sites is 1. The highest BCUT2D eigenvalue weighted by atomic mass is 32.2. The van der Waals surface area contributed by atoms with E-state index in [9.17, 15) is 9.59 Å². The van der Waals surface area contributed by atoms with Gasteiger partial charge in [-0.1, -0.05) is 41.7 Å². The molecule has 144 valence electrons. The number of nitrogens with zero attached hydrogens (tertiary/aromatic N) is 4. The summed E-state index contributed by atoms with van der Waals surface area (Å²) in [6.07, 6.45) is 1.72. The van der Waals surface area contributed by atoms with Crippen LogP contribution < -0.4 is 4.90 Å². The fourth-order valence-corrected chi connectivity index (χ4v) is 4.24. The van der Waals surface area contributed by atoms with Gasteiger partial charge in [-0.3, -0.25) is 9.69 Å². The molecule has 29 heavy (non-hydrogen) atoms. The molecule has 2 heterocycles. The van der Waals surface area contributed by atoms with Crippen LogP contribution in [0.4, 0.5) is 10.8 Å². The summed E-state index contributed by atoms with van der Waals surface area (Å²) in [6, 6.07) is 15.6. The number of carboxylic acids is 1. The molecule has 0 spiro atoms. The van der Waals surface area contributed by atoms with Crippen molar-refractivity contribution in [3.05, 3.63) is 75.6 Å². The van der Waals surface area contributed by atoms with E-state index >= 15 is 0 Å². The van der Waals surface area contributed by atoms with Crippen LogP contribution in [-0.4, -0.2) is 32.3 Å². The number of hydrogen-bond donors (Lipinski definition) is 1. The number of aromatic nitrogens is 2. The summed E-state index contributed by atoms with van der Waals surface area (Å²) in [5, 5.41) is 18.8. The van der Waals surface area contributed by atoms with Gasteiger partial charge in [0.25, 0.3) is 5.91 Å². The Hall–Kier alpha value is -3.30. The first-order valence-electron chi connectivity index (χ1n) is 8.52. The molecule has 1 amide bonds. The monoisotopic (exact) mass is 422 g/mol. The Labute approximate surface area is 174 Å². The fourth-order valence-electron chi connectivity index (χ4n) is 2.64. The minimum absolute atomic E-state index is 0.192. The molecule has 1 aliphatic heterocycles. The van der Waals surface area contributed by atoms with Crippen LogP contribution >= 0.6 is 23.1 Å². The van der Waals surface area contributed by atoms with Gasteiger partial charge in [0.15, 0.2) is 5.17 Å². The number of benzene rings is 2. The second-order valence-electron chi connectivity index (χ2n) is 6.01. The molecule has 4 rings (SSSR count). The molecule has 1 aliphatic rings. The van der Waals surface area contributed by atoms with Crippen LogP contribution in [0.1, 0.15) is 20.9 Å². The first-order chi connectivity index (χ1) is 14.0. The van der Waals surface area contributed by atoms with E-state index in [-0.39, 0.29) is 11.5 Å². The highest BCUT2D eigenvalue weighted by Crippen LogP contribution is 2.37. The van der Waals surface area contributed by atoms with Crippen molar-refractivity contribution in [2.75, 3.05) is 4.90 Å². The number of aromatic carboxylic acids is 1. The van der Waals surface area contributed by atoms with Crippen LogP contribution in [0.25, 0.3) is 6.08 Å². The molecule has 1 N–H and O–H groups in total. The number of hydrogen-bond acceptors (Lipinski definition) is 7. The van der Waals surface area contributed by atoms with Crippen LogP contribution in [0.2, 0.25) is 0 Å². The van der Waals surface area contributed by atoms with Gasteiger partial charge in [-0.25, -0.2) is 4.79 Å². The molecule has 0 saturated carbocycles. The number of thioether (sulfide) groups is 1. The molecule has 9 heteroatoms. The zero-order valence-corrected chi connectivity index (χ0v) is 16.8. The highest BCUT2D eigenvalue weighted by molar-refractivity contribution is 8.19. The number of rotatable bonds is 4. The summed E-state index contributed by atoms with van der Waals surface area (Å²) in [4.78, 5) is 30.7. The van der Waals surface area contributed by atoms with Crippen molar-refractivity contribution < 1.29 is 14.7 Å². The van der Waals surface area contributed by atoms with Crippen molar-refractivity contribution >= 4 is 57.0 Å². The summed E-state index contributed by atoms with van der Waals surface area (Å²) < 4.78 is 0. The normalized spacial score (nSPS) is 16.7. The number of carboxylic acid groups (broad SMARTS) is 1. The largest absolute Gasteiger partial charge is 0.478 e. The molecule has 0 unspecified atom stereocenters. The second-order valence-corrected chi connectivity index (χ2v) is 8.18. The Morgan fingerprint density at radius 1 is 1.10 bits per heavy atom. The number of anilines is 1. The molecule has 0 bridgehead atoms. The third-order valence-corrected chi connectivity index (χ3v) is 5.68.